The number of likely N-dealkylation sites (tertiary alicyclic amines) is 1. The van der Waals surface area contributed by atoms with Crippen molar-refractivity contribution >= 4 is 17.9 Å². The lowest BCUT2D eigenvalue weighted by atomic mass is 9.96. The molecule has 3 N–H and O–H groups in total. The van der Waals surface area contributed by atoms with Crippen LogP contribution in [0.25, 0.3) is 0 Å². The topological polar surface area (TPSA) is 104 Å². The number of hydrogen-bond acceptors (Lipinski definition) is 3. The first kappa shape index (κ1) is 15.6. The molecule has 1 unspecified atom stereocenters. The van der Waals surface area contributed by atoms with E-state index >= 15 is 0 Å². The van der Waals surface area contributed by atoms with Gasteiger partial charge in [0, 0.05) is 12.6 Å². The number of hydrogen-bond donors (Lipinski definition) is 2. The van der Waals surface area contributed by atoms with E-state index in [-0.39, 0.29) is 18.6 Å². The molecule has 7 nitrogen and oxygen atoms in total. The maximum Gasteiger partial charge on any atom is 0.323 e. The molecule has 0 bridgehead atoms. The average Bonchev–Trinajstić information content (AvgIpc) is 3.06. The van der Waals surface area contributed by atoms with Crippen LogP contribution in [-0.2, 0) is 9.59 Å². The number of rotatable bonds is 5. The standard InChI is InChI=1S/C14H23N3O4/c15-12(18)8-16(9-13(19)20)14(21)17-7-3-6-11(17)10-4-1-2-5-10/h10-11H,1-9H2,(H2,15,18)(H,19,20). The summed E-state index contributed by atoms with van der Waals surface area (Å²) in [7, 11) is 0. The second kappa shape index (κ2) is 6.78. The second-order valence-electron chi connectivity index (χ2n) is 5.95. The summed E-state index contributed by atoms with van der Waals surface area (Å²) >= 11 is 0. The fourth-order valence-corrected chi connectivity index (χ4v) is 3.59. The molecule has 0 radical (unpaired) electrons. The molecular formula is C14H23N3O4. The minimum absolute atomic E-state index is 0.184. The third kappa shape index (κ3) is 3.86. The number of urea groups is 1. The Kier molecular flexibility index (Phi) is 5.03. The summed E-state index contributed by atoms with van der Waals surface area (Å²) in [5.41, 5.74) is 5.12. The fourth-order valence-electron chi connectivity index (χ4n) is 3.59. The third-order valence-electron chi connectivity index (χ3n) is 4.43. The Balaban J connectivity index is 2.06. The fraction of sp³-hybridized carbons (Fsp3) is 0.786. The van der Waals surface area contributed by atoms with Crippen LogP contribution in [0.2, 0.25) is 0 Å². The van der Waals surface area contributed by atoms with Crippen LogP contribution >= 0.6 is 0 Å². The van der Waals surface area contributed by atoms with Crippen molar-refractivity contribution in [1.82, 2.24) is 9.80 Å². The van der Waals surface area contributed by atoms with Gasteiger partial charge in [-0.05, 0) is 31.6 Å². The number of carboxylic acid groups (broad SMARTS) is 1. The first-order valence-corrected chi connectivity index (χ1v) is 7.54. The van der Waals surface area contributed by atoms with E-state index in [4.69, 9.17) is 10.8 Å². The Morgan fingerprint density at radius 1 is 1.10 bits per heavy atom. The summed E-state index contributed by atoms with van der Waals surface area (Å²) in [6.07, 6.45) is 6.55. The molecule has 1 saturated carbocycles. The van der Waals surface area contributed by atoms with Crippen molar-refractivity contribution in [2.24, 2.45) is 11.7 Å². The van der Waals surface area contributed by atoms with Crippen molar-refractivity contribution < 1.29 is 19.5 Å². The molecular weight excluding hydrogens is 274 g/mol. The van der Waals surface area contributed by atoms with Gasteiger partial charge in [-0.1, -0.05) is 12.8 Å². The van der Waals surface area contributed by atoms with Crippen molar-refractivity contribution in [3.63, 3.8) is 0 Å². The SMILES string of the molecule is NC(=O)CN(CC(=O)O)C(=O)N1CCCC1C1CCCC1. The number of aliphatic carboxylic acids is 1. The Bertz CT molecular complexity index is 404. The summed E-state index contributed by atoms with van der Waals surface area (Å²) in [5.74, 6) is -1.32. The molecule has 0 aromatic heterocycles. The Morgan fingerprint density at radius 3 is 2.33 bits per heavy atom. The molecule has 1 atom stereocenters. The highest BCUT2D eigenvalue weighted by Crippen LogP contribution is 2.35. The lowest BCUT2D eigenvalue weighted by molar-refractivity contribution is -0.138. The smallest absolute Gasteiger partial charge is 0.323 e. The van der Waals surface area contributed by atoms with Gasteiger partial charge in [-0.3, -0.25) is 9.59 Å². The summed E-state index contributed by atoms with van der Waals surface area (Å²) in [6.45, 7) is -0.205. The van der Waals surface area contributed by atoms with Crippen molar-refractivity contribution in [2.45, 2.75) is 44.6 Å². The lowest BCUT2D eigenvalue weighted by Crippen LogP contribution is -2.51. The molecule has 2 aliphatic rings. The molecule has 0 aromatic rings. The molecule has 1 aliphatic heterocycles. The molecule has 21 heavy (non-hydrogen) atoms. The minimum atomic E-state index is -1.14. The van der Waals surface area contributed by atoms with Gasteiger partial charge < -0.3 is 20.6 Å². The van der Waals surface area contributed by atoms with Gasteiger partial charge in [0.2, 0.25) is 5.91 Å². The zero-order chi connectivity index (χ0) is 15.4. The lowest BCUT2D eigenvalue weighted by Gasteiger charge is -2.33. The van der Waals surface area contributed by atoms with Crippen LogP contribution in [0.3, 0.4) is 0 Å². The van der Waals surface area contributed by atoms with Crippen LogP contribution in [0.5, 0.6) is 0 Å². The number of primary amides is 1. The number of nitrogens with two attached hydrogens (primary N) is 1. The van der Waals surface area contributed by atoms with E-state index in [2.05, 4.69) is 0 Å². The molecule has 1 heterocycles. The van der Waals surface area contributed by atoms with E-state index in [9.17, 15) is 14.4 Å². The summed E-state index contributed by atoms with van der Waals surface area (Å²) in [4.78, 5) is 37.3. The van der Waals surface area contributed by atoms with Gasteiger partial charge >= 0.3 is 12.0 Å². The first-order valence-electron chi connectivity index (χ1n) is 7.54. The van der Waals surface area contributed by atoms with Crippen molar-refractivity contribution in [3.8, 4) is 0 Å². The van der Waals surface area contributed by atoms with E-state index in [0.717, 1.165) is 30.6 Å². The van der Waals surface area contributed by atoms with E-state index in [1.165, 1.54) is 12.8 Å². The van der Waals surface area contributed by atoms with E-state index < -0.39 is 18.4 Å². The predicted molar refractivity (Wildman–Crippen MR) is 75.5 cm³/mol. The monoisotopic (exact) mass is 297 g/mol. The number of carbonyl (C=O) groups excluding carboxylic acids is 2. The summed E-state index contributed by atoms with van der Waals surface area (Å²) in [5, 5.41) is 8.90. The Morgan fingerprint density at radius 2 is 1.76 bits per heavy atom. The predicted octanol–water partition coefficient (Wildman–Crippen LogP) is 0.633. The summed E-state index contributed by atoms with van der Waals surface area (Å²) in [6, 6.07) is -0.185. The number of carboxylic acids is 1. The van der Waals surface area contributed by atoms with Crippen molar-refractivity contribution in [1.29, 1.82) is 0 Å². The van der Waals surface area contributed by atoms with Gasteiger partial charge in [0.25, 0.3) is 0 Å². The van der Waals surface area contributed by atoms with Gasteiger partial charge in [-0.25, -0.2) is 4.79 Å². The molecule has 1 aliphatic carbocycles. The average molecular weight is 297 g/mol. The van der Waals surface area contributed by atoms with E-state index in [1.54, 1.807) is 4.90 Å². The van der Waals surface area contributed by atoms with Gasteiger partial charge in [-0.15, -0.1) is 0 Å². The quantitative estimate of drug-likeness (QED) is 0.776. The highest BCUT2D eigenvalue weighted by atomic mass is 16.4. The minimum Gasteiger partial charge on any atom is -0.480 e. The molecule has 1 saturated heterocycles. The number of nitrogens with zero attached hydrogens (tertiary/aromatic N) is 2. The van der Waals surface area contributed by atoms with Crippen LogP contribution in [0.4, 0.5) is 4.79 Å². The molecule has 0 spiro atoms. The molecule has 2 rings (SSSR count). The first-order chi connectivity index (χ1) is 9.99. The molecule has 118 valence electrons. The van der Waals surface area contributed by atoms with Crippen molar-refractivity contribution in [3.05, 3.63) is 0 Å². The van der Waals surface area contributed by atoms with Crippen LogP contribution < -0.4 is 5.73 Å². The zero-order valence-electron chi connectivity index (χ0n) is 12.2. The van der Waals surface area contributed by atoms with Crippen LogP contribution in [0.1, 0.15) is 38.5 Å². The van der Waals surface area contributed by atoms with Gasteiger partial charge in [0.05, 0.1) is 0 Å². The molecule has 3 amide bonds. The highest BCUT2D eigenvalue weighted by Gasteiger charge is 2.38. The maximum atomic E-state index is 12.6. The molecule has 7 heteroatoms. The van der Waals surface area contributed by atoms with Gasteiger partial charge in [-0.2, -0.15) is 0 Å². The zero-order valence-corrected chi connectivity index (χ0v) is 12.2. The third-order valence-corrected chi connectivity index (χ3v) is 4.43. The number of carbonyl (C=O) groups is 3. The Hall–Kier alpha value is -1.79. The van der Waals surface area contributed by atoms with Crippen LogP contribution in [0.15, 0.2) is 0 Å². The van der Waals surface area contributed by atoms with E-state index in [0.29, 0.717) is 12.5 Å². The van der Waals surface area contributed by atoms with Crippen LogP contribution in [-0.4, -0.2) is 58.5 Å². The second-order valence-corrected chi connectivity index (χ2v) is 5.95. The maximum absolute atomic E-state index is 12.6. The van der Waals surface area contributed by atoms with Crippen molar-refractivity contribution in [2.75, 3.05) is 19.6 Å². The van der Waals surface area contributed by atoms with Gasteiger partial charge in [0.15, 0.2) is 0 Å². The highest BCUT2D eigenvalue weighted by molar-refractivity contribution is 5.86. The molecule has 0 aromatic carbocycles. The van der Waals surface area contributed by atoms with Gasteiger partial charge in [0.1, 0.15) is 13.1 Å². The summed E-state index contributed by atoms with van der Waals surface area (Å²) < 4.78 is 0. The van der Waals surface area contributed by atoms with E-state index in [1.807, 2.05) is 0 Å². The van der Waals surface area contributed by atoms with Crippen LogP contribution in [0, 0.1) is 5.92 Å². The largest absolute Gasteiger partial charge is 0.480 e. The molecule has 2 fully saturated rings. The number of amides is 3. The Labute approximate surface area is 124 Å². The normalized spacial score (nSPS) is 22.5.